The van der Waals surface area contributed by atoms with Gasteiger partial charge in [0.2, 0.25) is 5.95 Å². The molecule has 0 spiro atoms. The largest absolute Gasteiger partial charge is 0.444 e. The molecule has 3 aromatic carbocycles. The average Bonchev–Trinajstić information content (AvgIpc) is 3.40. The summed E-state index contributed by atoms with van der Waals surface area (Å²) < 4.78 is 51.4. The number of halogens is 2. The van der Waals surface area contributed by atoms with Crippen molar-refractivity contribution in [2.45, 2.75) is 89.4 Å². The number of aromatic nitrogens is 2. The molecule has 1 aromatic heterocycles. The zero-order valence-electron chi connectivity index (χ0n) is 28.2. The number of hydrogen-bond donors (Lipinski definition) is 3. The smallest absolute Gasteiger partial charge is 0.410 e. The first-order chi connectivity index (χ1) is 23.1. The summed E-state index contributed by atoms with van der Waals surface area (Å²) in [6.45, 7) is 10.4. The predicted molar refractivity (Wildman–Crippen MR) is 189 cm³/mol. The number of carbonyl (C=O) groups excluding carboxylic acids is 1. The number of aliphatic hydroxyl groups excluding tert-OH is 1. The number of nitrogens with one attached hydrogen (secondary N) is 2. The molecule has 0 radical (unpaired) electrons. The Kier molecular flexibility index (Phi) is 9.51. The standard InChI is InChI=1S/C36H41ClFN5O5S/c1-6-24-29(42-49(46,47)32-18-22(37)17-27-25(32)7-10-31(27)44)9-8-28(38)33(24)26-16-21-19-39-34(41-30(21)15-20(26)2)40-23-11-13-43(14-12-23)35(45)48-36(3,4)5/h8-9,15-19,23,31,42,44H,6-7,10-14H2,1-5H3,(H,39,40,41)/t31-/m1/s1. The van der Waals surface area contributed by atoms with E-state index in [4.69, 9.17) is 21.3 Å². The number of nitrogens with zero attached hydrogens (tertiary/aromatic N) is 3. The number of ether oxygens (including phenoxy) is 1. The summed E-state index contributed by atoms with van der Waals surface area (Å²) >= 11 is 6.26. The minimum atomic E-state index is -4.13. The molecule has 0 unspecified atom stereocenters. The van der Waals surface area contributed by atoms with Gasteiger partial charge in [0.1, 0.15) is 11.4 Å². The maximum Gasteiger partial charge on any atom is 0.410 e. The van der Waals surface area contributed by atoms with E-state index in [1.807, 2.05) is 46.8 Å². The summed E-state index contributed by atoms with van der Waals surface area (Å²) in [6, 6.07) is 9.48. The van der Waals surface area contributed by atoms with Crippen LogP contribution in [0.1, 0.15) is 75.3 Å². The molecule has 49 heavy (non-hydrogen) atoms. The molecule has 1 atom stereocenters. The van der Waals surface area contributed by atoms with Crippen LogP contribution in [0.2, 0.25) is 5.02 Å². The van der Waals surface area contributed by atoms with Gasteiger partial charge in [-0.3, -0.25) is 4.72 Å². The third kappa shape index (κ3) is 7.32. The van der Waals surface area contributed by atoms with E-state index >= 15 is 4.39 Å². The van der Waals surface area contributed by atoms with Crippen molar-refractivity contribution in [3.63, 3.8) is 0 Å². The molecule has 6 rings (SSSR count). The van der Waals surface area contributed by atoms with Gasteiger partial charge < -0.3 is 20.1 Å². The molecule has 260 valence electrons. The summed E-state index contributed by atoms with van der Waals surface area (Å²) in [4.78, 5) is 23.4. The van der Waals surface area contributed by atoms with Crippen molar-refractivity contribution in [1.82, 2.24) is 14.9 Å². The second-order valence-corrected chi connectivity index (χ2v) is 15.8. The molecule has 4 aromatic rings. The van der Waals surface area contributed by atoms with E-state index < -0.39 is 27.5 Å². The third-order valence-electron chi connectivity index (χ3n) is 9.06. The molecule has 2 heterocycles. The minimum Gasteiger partial charge on any atom is -0.444 e. The van der Waals surface area contributed by atoms with Crippen molar-refractivity contribution in [3.05, 3.63) is 75.7 Å². The summed E-state index contributed by atoms with van der Waals surface area (Å²) in [5, 5.41) is 14.7. The van der Waals surface area contributed by atoms with Gasteiger partial charge in [0.15, 0.2) is 0 Å². The van der Waals surface area contributed by atoms with Gasteiger partial charge in [-0.25, -0.2) is 27.6 Å². The van der Waals surface area contributed by atoms with Crippen molar-refractivity contribution in [2.75, 3.05) is 23.1 Å². The number of hydrogen-bond acceptors (Lipinski definition) is 8. The lowest BCUT2D eigenvalue weighted by molar-refractivity contribution is 0.0210. The van der Waals surface area contributed by atoms with Crippen molar-refractivity contribution >= 4 is 50.3 Å². The lowest BCUT2D eigenvalue weighted by Crippen LogP contribution is -2.44. The topological polar surface area (TPSA) is 134 Å². The number of carbonyl (C=O) groups is 1. The van der Waals surface area contributed by atoms with E-state index in [-0.39, 0.29) is 27.7 Å². The Labute approximate surface area is 291 Å². The number of rotatable bonds is 7. The molecule has 0 saturated carbocycles. The summed E-state index contributed by atoms with van der Waals surface area (Å²) in [7, 11) is -4.13. The maximum atomic E-state index is 15.7. The fraction of sp³-hybridized carbons (Fsp3) is 0.417. The van der Waals surface area contributed by atoms with E-state index in [0.717, 1.165) is 18.4 Å². The molecule has 1 amide bonds. The van der Waals surface area contributed by atoms with Crippen molar-refractivity contribution in [1.29, 1.82) is 0 Å². The Balaban J connectivity index is 1.25. The molecule has 0 bridgehead atoms. The summed E-state index contributed by atoms with van der Waals surface area (Å²) in [5.74, 6) is -0.0156. The zero-order valence-corrected chi connectivity index (χ0v) is 29.8. The van der Waals surface area contributed by atoms with Crippen LogP contribution >= 0.6 is 11.6 Å². The van der Waals surface area contributed by atoms with Crippen LogP contribution in [-0.4, -0.2) is 59.2 Å². The van der Waals surface area contributed by atoms with Crippen LogP contribution in [-0.2, 0) is 27.6 Å². The molecule has 1 saturated heterocycles. The molecular weight excluding hydrogens is 669 g/mol. The van der Waals surface area contributed by atoms with Gasteiger partial charge in [0, 0.05) is 41.3 Å². The van der Waals surface area contributed by atoms with Gasteiger partial charge >= 0.3 is 6.09 Å². The van der Waals surface area contributed by atoms with Crippen molar-refractivity contribution in [3.8, 4) is 11.1 Å². The van der Waals surface area contributed by atoms with Gasteiger partial charge in [-0.1, -0.05) is 18.5 Å². The summed E-state index contributed by atoms with van der Waals surface area (Å²) in [6.07, 6.45) is 3.21. The first-order valence-corrected chi connectivity index (χ1v) is 18.4. The van der Waals surface area contributed by atoms with Crippen LogP contribution in [0.3, 0.4) is 0 Å². The molecule has 1 aliphatic carbocycles. The number of amides is 1. The Morgan fingerprint density at radius 2 is 1.88 bits per heavy atom. The number of piperidine rings is 1. The number of sulfonamides is 1. The average molecular weight is 710 g/mol. The zero-order chi connectivity index (χ0) is 35.2. The number of aliphatic hydroxyl groups is 1. The predicted octanol–water partition coefficient (Wildman–Crippen LogP) is 7.55. The van der Waals surface area contributed by atoms with E-state index in [0.29, 0.717) is 77.0 Å². The van der Waals surface area contributed by atoms with Gasteiger partial charge in [0.25, 0.3) is 10.0 Å². The van der Waals surface area contributed by atoms with Crippen LogP contribution in [0.15, 0.2) is 47.5 Å². The summed E-state index contributed by atoms with van der Waals surface area (Å²) in [5.41, 5.74) is 3.61. The highest BCUT2D eigenvalue weighted by molar-refractivity contribution is 7.92. The monoisotopic (exact) mass is 709 g/mol. The first-order valence-electron chi connectivity index (χ1n) is 16.5. The SMILES string of the molecule is CCc1c(NS(=O)(=O)c2cc(Cl)cc3c2CC[C@H]3O)ccc(F)c1-c1cc2cnc(NC3CCN(C(=O)OC(C)(C)C)CC3)nc2cc1C. The van der Waals surface area contributed by atoms with Crippen LogP contribution in [0.25, 0.3) is 22.0 Å². The van der Waals surface area contributed by atoms with Gasteiger partial charge in [-0.15, -0.1) is 0 Å². The Morgan fingerprint density at radius 1 is 1.14 bits per heavy atom. The number of likely N-dealkylation sites (tertiary alicyclic amines) is 1. The van der Waals surface area contributed by atoms with E-state index in [2.05, 4.69) is 15.0 Å². The second-order valence-electron chi connectivity index (χ2n) is 13.7. The first kappa shape index (κ1) is 34.8. The minimum absolute atomic E-state index is 0.0107. The maximum absolute atomic E-state index is 15.7. The van der Waals surface area contributed by atoms with E-state index in [1.165, 1.54) is 18.2 Å². The van der Waals surface area contributed by atoms with Crippen molar-refractivity contribution in [2.24, 2.45) is 0 Å². The third-order valence-corrected chi connectivity index (χ3v) is 10.7. The van der Waals surface area contributed by atoms with Crippen LogP contribution in [0.4, 0.5) is 20.8 Å². The lowest BCUT2D eigenvalue weighted by atomic mass is 9.92. The normalized spacial score (nSPS) is 16.9. The molecule has 1 aliphatic heterocycles. The van der Waals surface area contributed by atoms with E-state index in [1.54, 1.807) is 17.2 Å². The number of anilines is 2. The Morgan fingerprint density at radius 3 is 2.57 bits per heavy atom. The molecule has 2 aliphatic rings. The van der Waals surface area contributed by atoms with E-state index in [9.17, 15) is 18.3 Å². The highest BCUT2D eigenvalue weighted by Crippen LogP contribution is 2.40. The Bertz CT molecular complexity index is 2040. The highest BCUT2D eigenvalue weighted by Gasteiger charge is 2.31. The fourth-order valence-corrected chi connectivity index (χ4v) is 8.39. The molecular formula is C36H41ClFN5O5S. The lowest BCUT2D eigenvalue weighted by Gasteiger charge is -2.33. The number of fused-ring (bicyclic) bond motifs is 2. The number of benzene rings is 3. The van der Waals surface area contributed by atoms with Crippen molar-refractivity contribution < 1.29 is 27.4 Å². The van der Waals surface area contributed by atoms with Gasteiger partial charge in [-0.05, 0) is 124 Å². The molecule has 13 heteroatoms. The highest BCUT2D eigenvalue weighted by atomic mass is 35.5. The van der Waals surface area contributed by atoms with Crippen LogP contribution in [0, 0.1) is 12.7 Å². The van der Waals surface area contributed by atoms with Crippen LogP contribution in [0.5, 0.6) is 0 Å². The van der Waals surface area contributed by atoms with Gasteiger partial charge in [0.05, 0.1) is 22.2 Å². The molecule has 3 N–H and O–H groups in total. The molecule has 1 fully saturated rings. The van der Waals surface area contributed by atoms with Gasteiger partial charge in [-0.2, -0.15) is 0 Å². The second kappa shape index (κ2) is 13.4. The quantitative estimate of drug-likeness (QED) is 0.179. The number of aryl methyl sites for hydroxylation is 1. The fourth-order valence-electron chi connectivity index (χ4n) is 6.68. The molecule has 10 nitrogen and oxygen atoms in total. The van der Waals surface area contributed by atoms with Crippen LogP contribution < -0.4 is 10.0 Å². The Hall–Kier alpha value is -4.00.